The van der Waals surface area contributed by atoms with Gasteiger partial charge in [-0.2, -0.15) is 0 Å². The van der Waals surface area contributed by atoms with E-state index < -0.39 is 0 Å². The molecule has 2 amide bonds. The number of nitrogens with one attached hydrogen (secondary N) is 2. The molecular formula is C15H16N4O2. The highest BCUT2D eigenvalue weighted by Crippen LogP contribution is 2.13. The molecule has 0 aliphatic rings. The molecule has 1 aromatic heterocycles. The first-order valence-corrected chi connectivity index (χ1v) is 6.42. The Morgan fingerprint density at radius 1 is 1.19 bits per heavy atom. The molecule has 6 nitrogen and oxygen atoms in total. The fourth-order valence-electron chi connectivity index (χ4n) is 1.80. The maximum atomic E-state index is 12.2. The quantitative estimate of drug-likeness (QED) is 0.796. The number of nitrogens with two attached hydrogens (primary N) is 1. The first-order chi connectivity index (χ1) is 10.1. The van der Waals surface area contributed by atoms with Gasteiger partial charge in [0.25, 0.3) is 5.91 Å². The number of anilines is 2. The van der Waals surface area contributed by atoms with Gasteiger partial charge in [0.1, 0.15) is 5.82 Å². The maximum absolute atomic E-state index is 12.2. The number of rotatable bonds is 4. The molecule has 1 aromatic carbocycles. The number of hydrogen-bond acceptors (Lipinski definition) is 4. The van der Waals surface area contributed by atoms with E-state index in [-0.39, 0.29) is 11.8 Å². The summed E-state index contributed by atoms with van der Waals surface area (Å²) in [5.41, 5.74) is 7.43. The number of amides is 2. The molecule has 2 rings (SSSR count). The highest BCUT2D eigenvalue weighted by molar-refractivity contribution is 6.04. The van der Waals surface area contributed by atoms with E-state index in [1.807, 2.05) is 0 Å². The van der Waals surface area contributed by atoms with Crippen LogP contribution in [0.1, 0.15) is 22.8 Å². The van der Waals surface area contributed by atoms with Crippen LogP contribution in [0.15, 0.2) is 42.6 Å². The van der Waals surface area contributed by atoms with Crippen molar-refractivity contribution in [2.24, 2.45) is 5.73 Å². The minimum atomic E-state index is -0.302. The minimum absolute atomic E-state index is 0.190. The van der Waals surface area contributed by atoms with Gasteiger partial charge >= 0.3 is 0 Å². The number of carbonyl (C=O) groups is 2. The minimum Gasteiger partial charge on any atom is -0.326 e. The van der Waals surface area contributed by atoms with Crippen molar-refractivity contribution in [1.82, 2.24) is 4.98 Å². The molecule has 2 aromatic rings. The van der Waals surface area contributed by atoms with Gasteiger partial charge in [-0.25, -0.2) is 4.98 Å². The Morgan fingerprint density at radius 3 is 2.71 bits per heavy atom. The smallest absolute Gasteiger partial charge is 0.256 e. The van der Waals surface area contributed by atoms with Crippen LogP contribution < -0.4 is 16.4 Å². The molecule has 0 aliphatic carbocycles. The summed E-state index contributed by atoms with van der Waals surface area (Å²) in [4.78, 5) is 27.2. The summed E-state index contributed by atoms with van der Waals surface area (Å²) in [5, 5.41) is 5.33. The summed E-state index contributed by atoms with van der Waals surface area (Å²) in [5.74, 6) is -0.0541. The Kier molecular flexibility index (Phi) is 4.63. The third-order valence-electron chi connectivity index (χ3n) is 2.75. The third-order valence-corrected chi connectivity index (χ3v) is 2.75. The monoisotopic (exact) mass is 284 g/mol. The lowest BCUT2D eigenvalue weighted by Gasteiger charge is -2.07. The van der Waals surface area contributed by atoms with E-state index in [2.05, 4.69) is 15.6 Å². The van der Waals surface area contributed by atoms with Gasteiger partial charge in [-0.15, -0.1) is 0 Å². The van der Waals surface area contributed by atoms with Crippen LogP contribution in [0.2, 0.25) is 0 Å². The van der Waals surface area contributed by atoms with E-state index >= 15 is 0 Å². The number of hydrogen-bond donors (Lipinski definition) is 3. The van der Waals surface area contributed by atoms with E-state index in [0.717, 1.165) is 5.56 Å². The highest BCUT2D eigenvalue weighted by Gasteiger charge is 2.08. The van der Waals surface area contributed by atoms with Gasteiger partial charge in [-0.1, -0.05) is 6.07 Å². The van der Waals surface area contributed by atoms with Crippen LogP contribution in [0, 0.1) is 0 Å². The lowest BCUT2D eigenvalue weighted by atomic mass is 10.2. The van der Waals surface area contributed by atoms with E-state index in [0.29, 0.717) is 23.6 Å². The van der Waals surface area contributed by atoms with E-state index in [1.165, 1.54) is 6.92 Å². The summed E-state index contributed by atoms with van der Waals surface area (Å²) in [7, 11) is 0. The Labute approximate surface area is 122 Å². The van der Waals surface area contributed by atoms with Gasteiger partial charge in [0.15, 0.2) is 0 Å². The molecule has 0 unspecified atom stereocenters. The van der Waals surface area contributed by atoms with Crippen molar-refractivity contribution in [1.29, 1.82) is 0 Å². The van der Waals surface area contributed by atoms with Gasteiger partial charge in [0.2, 0.25) is 5.91 Å². The molecule has 4 N–H and O–H groups in total. The van der Waals surface area contributed by atoms with Crippen LogP contribution in [0.25, 0.3) is 0 Å². The van der Waals surface area contributed by atoms with E-state index in [1.54, 1.807) is 42.6 Å². The van der Waals surface area contributed by atoms with Gasteiger partial charge < -0.3 is 16.4 Å². The van der Waals surface area contributed by atoms with Crippen molar-refractivity contribution in [3.05, 3.63) is 53.7 Å². The predicted molar refractivity (Wildman–Crippen MR) is 80.8 cm³/mol. The topological polar surface area (TPSA) is 97.1 Å². The molecule has 0 saturated heterocycles. The zero-order chi connectivity index (χ0) is 15.2. The number of benzene rings is 1. The van der Waals surface area contributed by atoms with Crippen molar-refractivity contribution >= 4 is 23.3 Å². The maximum Gasteiger partial charge on any atom is 0.256 e. The Hall–Kier alpha value is -2.73. The summed E-state index contributed by atoms with van der Waals surface area (Å²) < 4.78 is 0. The molecule has 0 fully saturated rings. The molecule has 0 spiro atoms. The van der Waals surface area contributed by atoms with Crippen molar-refractivity contribution in [2.45, 2.75) is 13.5 Å². The van der Waals surface area contributed by atoms with Gasteiger partial charge in [-0.3, -0.25) is 9.59 Å². The fourth-order valence-corrected chi connectivity index (χ4v) is 1.80. The molecule has 21 heavy (non-hydrogen) atoms. The fraction of sp³-hybridized carbons (Fsp3) is 0.133. The first kappa shape index (κ1) is 14.7. The summed E-state index contributed by atoms with van der Waals surface area (Å²) in [6, 6.07) is 10.2. The average molecular weight is 284 g/mol. The lowest BCUT2D eigenvalue weighted by Crippen LogP contribution is -2.14. The molecule has 6 heteroatoms. The number of pyridine rings is 1. The number of aromatic nitrogens is 1. The van der Waals surface area contributed by atoms with E-state index in [4.69, 9.17) is 5.73 Å². The summed E-state index contributed by atoms with van der Waals surface area (Å²) >= 11 is 0. The van der Waals surface area contributed by atoms with Gasteiger partial charge in [0, 0.05) is 30.9 Å². The highest BCUT2D eigenvalue weighted by atomic mass is 16.2. The normalized spacial score (nSPS) is 10.0. The second-order valence-corrected chi connectivity index (χ2v) is 4.47. The van der Waals surface area contributed by atoms with Crippen LogP contribution in [-0.2, 0) is 11.3 Å². The Morgan fingerprint density at radius 2 is 2.00 bits per heavy atom. The molecule has 0 aliphatic heterocycles. The molecule has 0 saturated carbocycles. The Bertz CT molecular complexity index is 670. The predicted octanol–water partition coefficient (Wildman–Crippen LogP) is 1.75. The first-order valence-electron chi connectivity index (χ1n) is 6.42. The van der Waals surface area contributed by atoms with Crippen molar-refractivity contribution in [2.75, 3.05) is 10.6 Å². The van der Waals surface area contributed by atoms with Crippen molar-refractivity contribution in [3.8, 4) is 0 Å². The number of nitrogens with zero attached hydrogens (tertiary/aromatic N) is 1. The van der Waals surface area contributed by atoms with E-state index in [9.17, 15) is 9.59 Å². The average Bonchev–Trinajstić information content (AvgIpc) is 2.47. The summed E-state index contributed by atoms with van der Waals surface area (Å²) in [6.45, 7) is 1.79. The molecule has 1 heterocycles. The van der Waals surface area contributed by atoms with Crippen LogP contribution in [0.3, 0.4) is 0 Å². The van der Waals surface area contributed by atoms with Gasteiger partial charge in [0.05, 0.1) is 0 Å². The third kappa shape index (κ3) is 4.12. The van der Waals surface area contributed by atoms with Crippen molar-refractivity contribution in [3.63, 3.8) is 0 Å². The van der Waals surface area contributed by atoms with Crippen LogP contribution in [0.5, 0.6) is 0 Å². The van der Waals surface area contributed by atoms with Gasteiger partial charge in [-0.05, 0) is 35.9 Å². The second-order valence-electron chi connectivity index (χ2n) is 4.47. The molecule has 0 radical (unpaired) electrons. The Balaban J connectivity index is 2.14. The zero-order valence-corrected chi connectivity index (χ0v) is 11.6. The second kappa shape index (κ2) is 6.62. The van der Waals surface area contributed by atoms with Crippen molar-refractivity contribution < 1.29 is 9.59 Å². The summed E-state index contributed by atoms with van der Waals surface area (Å²) in [6.07, 6.45) is 1.59. The van der Waals surface area contributed by atoms with Crippen LogP contribution in [-0.4, -0.2) is 16.8 Å². The lowest BCUT2D eigenvalue weighted by molar-refractivity contribution is -0.114. The largest absolute Gasteiger partial charge is 0.326 e. The zero-order valence-electron chi connectivity index (χ0n) is 11.6. The van der Waals surface area contributed by atoms with Crippen LogP contribution >= 0.6 is 0 Å². The molecule has 0 bridgehead atoms. The SMILES string of the molecule is CC(=O)Nc1cccc(C(=O)Nc2cc(CN)ccn2)c1. The van der Waals surface area contributed by atoms with Crippen LogP contribution in [0.4, 0.5) is 11.5 Å². The number of carbonyl (C=O) groups excluding carboxylic acids is 2. The molecular weight excluding hydrogens is 268 g/mol. The molecule has 0 atom stereocenters. The molecule has 108 valence electrons. The standard InChI is InChI=1S/C15H16N4O2/c1-10(20)18-13-4-2-3-12(8-13)15(21)19-14-7-11(9-16)5-6-17-14/h2-8H,9,16H2,1H3,(H,18,20)(H,17,19,21).